The van der Waals surface area contributed by atoms with Crippen molar-refractivity contribution < 1.29 is 19.2 Å². The highest BCUT2D eigenvalue weighted by molar-refractivity contribution is 7.99. The third-order valence-electron chi connectivity index (χ3n) is 3.09. The fourth-order valence-corrected chi connectivity index (χ4v) is 2.73. The molecule has 0 aliphatic rings. The predicted molar refractivity (Wildman–Crippen MR) is 93.6 cm³/mol. The second-order valence-electron chi connectivity index (χ2n) is 4.86. The monoisotopic (exact) mass is 360 g/mol. The smallest absolute Gasteiger partial charge is 0.345 e. The lowest BCUT2D eigenvalue weighted by Crippen LogP contribution is -2.30. The molecule has 0 radical (unpaired) electrons. The third-order valence-corrected chi connectivity index (χ3v) is 4.10. The number of nitro benzene ring substituents is 1. The van der Waals surface area contributed by atoms with Crippen molar-refractivity contribution in [3.05, 3.63) is 70.3 Å². The van der Waals surface area contributed by atoms with E-state index in [1.807, 2.05) is 30.3 Å². The minimum Gasteiger partial charge on any atom is -0.452 e. The Kier molecular flexibility index (Phi) is 6.97. The SMILES string of the molecule is O=C(COC(=O)c1ccccc1[N+](=O)[O-])NCCSc1ccccc1. The molecule has 2 aromatic rings. The van der Waals surface area contributed by atoms with Crippen LogP contribution >= 0.6 is 11.8 Å². The average molecular weight is 360 g/mol. The fourth-order valence-electron chi connectivity index (χ4n) is 1.94. The van der Waals surface area contributed by atoms with Crippen molar-refractivity contribution >= 4 is 29.3 Å². The molecule has 0 spiro atoms. The number of carbonyl (C=O) groups excluding carboxylic acids is 2. The zero-order valence-electron chi connectivity index (χ0n) is 13.2. The zero-order chi connectivity index (χ0) is 18.1. The normalized spacial score (nSPS) is 10.1. The van der Waals surface area contributed by atoms with Crippen LogP contribution in [0.2, 0.25) is 0 Å². The van der Waals surface area contributed by atoms with Crippen LogP contribution in [-0.2, 0) is 9.53 Å². The molecule has 1 N–H and O–H groups in total. The number of nitrogens with zero attached hydrogens (tertiary/aromatic N) is 1. The first-order valence-electron chi connectivity index (χ1n) is 7.43. The van der Waals surface area contributed by atoms with E-state index < -0.39 is 23.4 Å². The third kappa shape index (κ3) is 5.92. The van der Waals surface area contributed by atoms with Gasteiger partial charge in [0.25, 0.3) is 11.6 Å². The van der Waals surface area contributed by atoms with Gasteiger partial charge in [0.2, 0.25) is 0 Å². The quantitative estimate of drug-likeness (QED) is 0.255. The van der Waals surface area contributed by atoms with Crippen LogP contribution in [0.15, 0.2) is 59.5 Å². The van der Waals surface area contributed by atoms with Gasteiger partial charge in [-0.15, -0.1) is 11.8 Å². The summed E-state index contributed by atoms with van der Waals surface area (Å²) in [6.45, 7) is -0.0671. The summed E-state index contributed by atoms with van der Waals surface area (Å²) < 4.78 is 4.83. The maximum atomic E-state index is 11.9. The molecule has 0 unspecified atom stereocenters. The van der Waals surface area contributed by atoms with E-state index in [2.05, 4.69) is 5.32 Å². The summed E-state index contributed by atoms with van der Waals surface area (Å²) >= 11 is 1.59. The molecule has 25 heavy (non-hydrogen) atoms. The van der Waals surface area contributed by atoms with Crippen molar-refractivity contribution in [3.8, 4) is 0 Å². The Morgan fingerprint density at radius 3 is 2.48 bits per heavy atom. The molecular formula is C17H16N2O5S. The van der Waals surface area contributed by atoms with Crippen LogP contribution in [0.5, 0.6) is 0 Å². The van der Waals surface area contributed by atoms with Crippen molar-refractivity contribution in [2.75, 3.05) is 18.9 Å². The molecule has 130 valence electrons. The topological polar surface area (TPSA) is 98.5 Å². The molecule has 8 heteroatoms. The number of benzene rings is 2. The highest BCUT2D eigenvalue weighted by Gasteiger charge is 2.21. The minimum absolute atomic E-state index is 0.181. The van der Waals surface area contributed by atoms with Gasteiger partial charge >= 0.3 is 5.97 Å². The van der Waals surface area contributed by atoms with Crippen molar-refractivity contribution in [1.82, 2.24) is 5.32 Å². The van der Waals surface area contributed by atoms with E-state index >= 15 is 0 Å². The first-order chi connectivity index (χ1) is 12.1. The summed E-state index contributed by atoms with van der Waals surface area (Å²) in [6, 6.07) is 15.2. The molecule has 0 bridgehead atoms. The van der Waals surface area contributed by atoms with Crippen LogP contribution in [0.4, 0.5) is 5.69 Å². The number of thioether (sulfide) groups is 1. The Morgan fingerprint density at radius 1 is 1.08 bits per heavy atom. The van der Waals surface area contributed by atoms with E-state index in [4.69, 9.17) is 4.74 Å². The van der Waals surface area contributed by atoms with Crippen LogP contribution < -0.4 is 5.32 Å². The summed E-state index contributed by atoms with van der Waals surface area (Å²) in [6.07, 6.45) is 0. The Labute approximate surface area is 148 Å². The average Bonchev–Trinajstić information content (AvgIpc) is 2.64. The maximum absolute atomic E-state index is 11.9. The summed E-state index contributed by atoms with van der Waals surface area (Å²) in [5.74, 6) is -0.685. The van der Waals surface area contributed by atoms with Crippen molar-refractivity contribution in [2.24, 2.45) is 0 Å². The van der Waals surface area contributed by atoms with Gasteiger partial charge in [-0.2, -0.15) is 0 Å². The number of ether oxygens (including phenoxy) is 1. The number of nitrogens with one attached hydrogen (secondary N) is 1. The van der Waals surface area contributed by atoms with Crippen molar-refractivity contribution in [1.29, 1.82) is 0 Å². The number of para-hydroxylation sites is 1. The largest absolute Gasteiger partial charge is 0.452 e. The lowest BCUT2D eigenvalue weighted by molar-refractivity contribution is -0.385. The Bertz CT molecular complexity index is 752. The second-order valence-corrected chi connectivity index (χ2v) is 6.03. The van der Waals surface area contributed by atoms with Crippen molar-refractivity contribution in [3.63, 3.8) is 0 Å². The van der Waals surface area contributed by atoms with Gasteiger partial charge in [0.1, 0.15) is 5.56 Å². The van der Waals surface area contributed by atoms with Crippen LogP contribution in [0.25, 0.3) is 0 Å². The minimum atomic E-state index is -0.902. The lowest BCUT2D eigenvalue weighted by atomic mass is 10.2. The highest BCUT2D eigenvalue weighted by atomic mass is 32.2. The molecule has 0 atom stereocenters. The summed E-state index contributed by atoms with van der Waals surface area (Å²) in [5.41, 5.74) is -0.535. The molecule has 0 heterocycles. The number of amides is 1. The summed E-state index contributed by atoms with van der Waals surface area (Å²) in [7, 11) is 0. The first-order valence-corrected chi connectivity index (χ1v) is 8.41. The van der Waals surface area contributed by atoms with Gasteiger partial charge in [0, 0.05) is 23.3 Å². The Morgan fingerprint density at radius 2 is 1.76 bits per heavy atom. The summed E-state index contributed by atoms with van der Waals surface area (Å²) in [5, 5.41) is 13.5. The number of carbonyl (C=O) groups is 2. The van der Waals surface area contributed by atoms with Crippen LogP contribution in [0.3, 0.4) is 0 Å². The number of hydrogen-bond acceptors (Lipinski definition) is 6. The van der Waals surface area contributed by atoms with Gasteiger partial charge < -0.3 is 10.1 Å². The molecule has 0 fully saturated rings. The van der Waals surface area contributed by atoms with E-state index in [0.29, 0.717) is 12.3 Å². The Hall–Kier alpha value is -2.87. The molecule has 1 amide bonds. The predicted octanol–water partition coefficient (Wildman–Crippen LogP) is 2.66. The van der Waals surface area contributed by atoms with Gasteiger partial charge in [0.05, 0.1) is 4.92 Å². The van der Waals surface area contributed by atoms with E-state index in [-0.39, 0.29) is 11.3 Å². The molecule has 0 aliphatic heterocycles. The maximum Gasteiger partial charge on any atom is 0.345 e. The van der Waals surface area contributed by atoms with Crippen molar-refractivity contribution in [2.45, 2.75) is 4.90 Å². The van der Waals surface area contributed by atoms with Gasteiger partial charge in [-0.3, -0.25) is 14.9 Å². The molecule has 2 rings (SSSR count). The van der Waals surface area contributed by atoms with Crippen LogP contribution in [0, 0.1) is 10.1 Å². The van der Waals surface area contributed by atoms with E-state index in [9.17, 15) is 19.7 Å². The van der Waals surface area contributed by atoms with Gasteiger partial charge in [-0.1, -0.05) is 30.3 Å². The van der Waals surface area contributed by atoms with E-state index in [0.717, 1.165) is 4.90 Å². The molecule has 7 nitrogen and oxygen atoms in total. The first kappa shape index (κ1) is 18.5. The Balaban J connectivity index is 1.73. The van der Waals surface area contributed by atoms with Crippen LogP contribution in [-0.4, -0.2) is 35.7 Å². The molecule has 0 saturated heterocycles. The van der Waals surface area contributed by atoms with Gasteiger partial charge in [-0.25, -0.2) is 4.79 Å². The number of esters is 1. The molecule has 0 aliphatic carbocycles. The number of nitro groups is 1. The standard InChI is InChI=1S/C17H16N2O5S/c20-16(18-10-11-25-13-6-2-1-3-7-13)12-24-17(21)14-8-4-5-9-15(14)19(22)23/h1-9H,10-12H2,(H,18,20). The van der Waals surface area contributed by atoms with E-state index in [1.54, 1.807) is 11.8 Å². The number of hydrogen-bond donors (Lipinski definition) is 1. The van der Waals surface area contributed by atoms with E-state index in [1.165, 1.54) is 24.3 Å². The van der Waals surface area contributed by atoms with Gasteiger partial charge in [-0.05, 0) is 18.2 Å². The molecule has 0 saturated carbocycles. The second kappa shape index (κ2) is 9.43. The van der Waals surface area contributed by atoms with Crippen LogP contribution in [0.1, 0.15) is 10.4 Å². The lowest BCUT2D eigenvalue weighted by Gasteiger charge is -2.07. The highest BCUT2D eigenvalue weighted by Crippen LogP contribution is 2.18. The zero-order valence-corrected chi connectivity index (χ0v) is 14.0. The number of rotatable bonds is 8. The molecule has 0 aromatic heterocycles. The molecular weight excluding hydrogens is 344 g/mol. The summed E-state index contributed by atoms with van der Waals surface area (Å²) in [4.78, 5) is 34.9. The van der Waals surface area contributed by atoms with Gasteiger partial charge in [0.15, 0.2) is 6.61 Å². The fraction of sp³-hybridized carbons (Fsp3) is 0.176. The molecule has 2 aromatic carbocycles.